The summed E-state index contributed by atoms with van der Waals surface area (Å²) in [5, 5.41) is 16.5. The number of carboxylic acids is 1. The Labute approximate surface area is 105 Å². The smallest absolute Gasteiger partial charge is 0.306 e. The van der Waals surface area contributed by atoms with E-state index in [1.165, 1.54) is 0 Å². The Morgan fingerprint density at radius 3 is 2.72 bits per heavy atom. The molecule has 6 nitrogen and oxygen atoms in total. The number of anilines is 1. The Morgan fingerprint density at radius 1 is 1.50 bits per heavy atom. The molecule has 1 saturated heterocycles. The number of hydrogen-bond acceptors (Lipinski definition) is 4. The molecule has 0 atom stereocenters. The number of carbonyl (C=O) groups is 1. The van der Waals surface area contributed by atoms with Gasteiger partial charge in [0, 0.05) is 19.3 Å². The van der Waals surface area contributed by atoms with Gasteiger partial charge in [0.1, 0.15) is 11.7 Å². The van der Waals surface area contributed by atoms with Crippen molar-refractivity contribution in [2.45, 2.75) is 12.8 Å². The molecule has 0 saturated carbocycles. The maximum atomic E-state index is 10.9. The minimum atomic E-state index is -0.734. The number of hydrogen-bond donors (Lipinski definition) is 3. The largest absolute Gasteiger partial charge is 0.481 e. The average molecular weight is 248 g/mol. The first-order chi connectivity index (χ1) is 8.59. The maximum absolute atomic E-state index is 10.9. The van der Waals surface area contributed by atoms with Crippen LogP contribution in [0.5, 0.6) is 0 Å². The highest BCUT2D eigenvalue weighted by Crippen LogP contribution is 2.24. The molecule has 0 aromatic carbocycles. The number of rotatable bonds is 3. The minimum absolute atomic E-state index is 0.0153. The van der Waals surface area contributed by atoms with Gasteiger partial charge in [0.2, 0.25) is 0 Å². The van der Waals surface area contributed by atoms with Crippen LogP contribution < -0.4 is 10.6 Å². The first kappa shape index (κ1) is 12.3. The van der Waals surface area contributed by atoms with Gasteiger partial charge in [-0.25, -0.2) is 4.98 Å². The van der Waals surface area contributed by atoms with E-state index in [-0.39, 0.29) is 11.8 Å². The van der Waals surface area contributed by atoms with Crippen molar-refractivity contribution in [1.82, 2.24) is 4.98 Å². The molecule has 1 aromatic rings. The van der Waals surface area contributed by atoms with Crippen LogP contribution in [-0.4, -0.2) is 35.0 Å². The van der Waals surface area contributed by atoms with E-state index >= 15 is 0 Å². The van der Waals surface area contributed by atoms with Gasteiger partial charge in [-0.1, -0.05) is 0 Å². The number of aromatic nitrogens is 1. The Kier molecular flexibility index (Phi) is 3.45. The Bertz CT molecular complexity index is 467. The number of amidine groups is 1. The third kappa shape index (κ3) is 2.42. The number of nitrogen functional groups attached to an aromatic ring is 1. The summed E-state index contributed by atoms with van der Waals surface area (Å²) in [7, 11) is 0. The van der Waals surface area contributed by atoms with Gasteiger partial charge in [-0.05, 0) is 25.0 Å². The highest BCUT2D eigenvalue weighted by Gasteiger charge is 2.26. The molecular formula is C12H16N4O2. The van der Waals surface area contributed by atoms with Crippen molar-refractivity contribution in [3.8, 4) is 0 Å². The van der Waals surface area contributed by atoms with Crippen molar-refractivity contribution in [1.29, 1.82) is 5.41 Å². The Morgan fingerprint density at radius 2 is 2.17 bits per heavy atom. The van der Waals surface area contributed by atoms with Crippen LogP contribution >= 0.6 is 0 Å². The van der Waals surface area contributed by atoms with E-state index in [9.17, 15) is 4.79 Å². The number of nitrogens with two attached hydrogens (primary N) is 1. The topological polar surface area (TPSA) is 103 Å². The molecule has 0 aliphatic carbocycles. The molecule has 0 radical (unpaired) electrons. The van der Waals surface area contributed by atoms with E-state index in [1.807, 2.05) is 4.90 Å². The van der Waals surface area contributed by atoms with Gasteiger partial charge in [0.25, 0.3) is 0 Å². The standard InChI is InChI=1S/C12H16N4O2/c13-10(14)9-2-1-5-15-11(9)16-6-3-8(4-7-16)12(17)18/h1-2,5,8H,3-4,6-7H2,(H3,13,14)(H,17,18). The van der Waals surface area contributed by atoms with Gasteiger partial charge in [-0.3, -0.25) is 10.2 Å². The lowest BCUT2D eigenvalue weighted by Crippen LogP contribution is -2.37. The number of carboxylic acid groups (broad SMARTS) is 1. The highest BCUT2D eigenvalue weighted by atomic mass is 16.4. The molecule has 0 bridgehead atoms. The average Bonchev–Trinajstić information content (AvgIpc) is 2.39. The van der Waals surface area contributed by atoms with Gasteiger partial charge in [-0.2, -0.15) is 0 Å². The van der Waals surface area contributed by atoms with Crippen LogP contribution in [0.3, 0.4) is 0 Å². The van der Waals surface area contributed by atoms with Crippen LogP contribution in [0.25, 0.3) is 0 Å². The van der Waals surface area contributed by atoms with Gasteiger partial charge >= 0.3 is 5.97 Å². The fourth-order valence-corrected chi connectivity index (χ4v) is 2.20. The predicted molar refractivity (Wildman–Crippen MR) is 67.8 cm³/mol. The summed E-state index contributed by atoms with van der Waals surface area (Å²) >= 11 is 0. The lowest BCUT2D eigenvalue weighted by Gasteiger charge is -2.32. The summed E-state index contributed by atoms with van der Waals surface area (Å²) in [5.74, 6) is -0.347. The van der Waals surface area contributed by atoms with Gasteiger partial charge < -0.3 is 15.7 Å². The summed E-state index contributed by atoms with van der Waals surface area (Å²) in [5.41, 5.74) is 6.12. The van der Waals surface area contributed by atoms with E-state index < -0.39 is 5.97 Å². The molecular weight excluding hydrogens is 232 g/mol. The number of pyridine rings is 1. The van der Waals surface area contributed by atoms with Crippen LogP contribution in [0, 0.1) is 11.3 Å². The zero-order valence-corrected chi connectivity index (χ0v) is 9.97. The van der Waals surface area contributed by atoms with Crippen molar-refractivity contribution in [3.63, 3.8) is 0 Å². The van der Waals surface area contributed by atoms with Gasteiger partial charge in [0.05, 0.1) is 11.5 Å². The molecule has 18 heavy (non-hydrogen) atoms. The van der Waals surface area contributed by atoms with Crippen molar-refractivity contribution in [2.24, 2.45) is 11.7 Å². The minimum Gasteiger partial charge on any atom is -0.481 e. The fraction of sp³-hybridized carbons (Fsp3) is 0.417. The molecule has 6 heteroatoms. The van der Waals surface area contributed by atoms with Crippen LogP contribution in [0.2, 0.25) is 0 Å². The van der Waals surface area contributed by atoms with Crippen LogP contribution in [0.1, 0.15) is 18.4 Å². The first-order valence-electron chi connectivity index (χ1n) is 5.86. The third-order valence-corrected chi connectivity index (χ3v) is 3.22. The first-order valence-corrected chi connectivity index (χ1v) is 5.86. The van der Waals surface area contributed by atoms with Crippen molar-refractivity contribution < 1.29 is 9.90 Å². The summed E-state index contributed by atoms with van der Waals surface area (Å²) in [6.45, 7) is 1.27. The summed E-state index contributed by atoms with van der Waals surface area (Å²) < 4.78 is 0. The number of nitrogens with one attached hydrogen (secondary N) is 1. The van der Waals surface area contributed by atoms with Crippen LogP contribution in [0.15, 0.2) is 18.3 Å². The van der Waals surface area contributed by atoms with E-state index in [0.717, 1.165) is 0 Å². The summed E-state index contributed by atoms with van der Waals surface area (Å²) in [4.78, 5) is 17.1. The monoisotopic (exact) mass is 248 g/mol. The quantitative estimate of drug-likeness (QED) is 0.538. The lowest BCUT2D eigenvalue weighted by atomic mass is 9.97. The molecule has 0 amide bonds. The van der Waals surface area contributed by atoms with Gasteiger partial charge in [0.15, 0.2) is 0 Å². The van der Waals surface area contributed by atoms with Crippen molar-refractivity contribution >= 4 is 17.6 Å². The molecule has 96 valence electrons. The lowest BCUT2D eigenvalue weighted by molar-refractivity contribution is -0.142. The summed E-state index contributed by atoms with van der Waals surface area (Å²) in [6.07, 6.45) is 2.86. The Hall–Kier alpha value is -2.11. The molecule has 2 heterocycles. The van der Waals surface area contributed by atoms with Crippen LogP contribution in [0.4, 0.5) is 5.82 Å². The normalized spacial score (nSPS) is 16.6. The number of aliphatic carboxylic acids is 1. The van der Waals surface area contributed by atoms with Crippen molar-refractivity contribution in [2.75, 3.05) is 18.0 Å². The van der Waals surface area contributed by atoms with E-state index in [0.29, 0.717) is 37.3 Å². The third-order valence-electron chi connectivity index (χ3n) is 3.22. The fourth-order valence-electron chi connectivity index (χ4n) is 2.20. The highest BCUT2D eigenvalue weighted by molar-refractivity contribution is 5.99. The Balaban J connectivity index is 2.15. The molecule has 0 unspecified atom stereocenters. The second kappa shape index (κ2) is 5.03. The van der Waals surface area contributed by atoms with E-state index in [1.54, 1.807) is 18.3 Å². The van der Waals surface area contributed by atoms with E-state index in [4.69, 9.17) is 16.2 Å². The molecule has 1 aliphatic heterocycles. The summed E-state index contributed by atoms with van der Waals surface area (Å²) in [6, 6.07) is 3.50. The zero-order valence-electron chi connectivity index (χ0n) is 9.97. The molecule has 1 aromatic heterocycles. The molecule has 4 N–H and O–H groups in total. The number of piperidine rings is 1. The molecule has 2 rings (SSSR count). The second-order valence-electron chi connectivity index (χ2n) is 4.39. The van der Waals surface area contributed by atoms with E-state index in [2.05, 4.69) is 4.98 Å². The van der Waals surface area contributed by atoms with Crippen molar-refractivity contribution in [3.05, 3.63) is 23.9 Å². The molecule has 1 fully saturated rings. The molecule has 1 aliphatic rings. The number of nitrogens with zero attached hydrogens (tertiary/aromatic N) is 2. The van der Waals surface area contributed by atoms with Gasteiger partial charge in [-0.15, -0.1) is 0 Å². The molecule has 0 spiro atoms. The zero-order chi connectivity index (χ0) is 13.1. The predicted octanol–water partition coefficient (Wildman–Crippen LogP) is 0.667. The second-order valence-corrected chi connectivity index (χ2v) is 4.39. The van der Waals surface area contributed by atoms with Crippen LogP contribution in [-0.2, 0) is 4.79 Å². The SMILES string of the molecule is N=C(N)c1cccnc1N1CCC(C(=O)O)CC1. The maximum Gasteiger partial charge on any atom is 0.306 e.